The SMILES string of the molecule is COc1c(C(C)C)ccc2c1CCC1C(C)=CCC[C@]21C. The van der Waals surface area contributed by atoms with Gasteiger partial charge in [-0.05, 0) is 66.5 Å². The average Bonchev–Trinajstić information content (AvgIpc) is 2.45. The van der Waals surface area contributed by atoms with Crippen LogP contribution in [0.2, 0.25) is 0 Å². The van der Waals surface area contributed by atoms with Crippen LogP contribution in [0.15, 0.2) is 23.8 Å². The molecule has 0 heterocycles. The molecule has 0 saturated heterocycles. The Morgan fingerprint density at radius 3 is 2.71 bits per heavy atom. The molecule has 2 atom stereocenters. The van der Waals surface area contributed by atoms with Crippen molar-refractivity contribution in [2.24, 2.45) is 5.92 Å². The van der Waals surface area contributed by atoms with E-state index in [9.17, 15) is 0 Å². The van der Waals surface area contributed by atoms with Gasteiger partial charge in [-0.15, -0.1) is 0 Å². The van der Waals surface area contributed by atoms with Crippen LogP contribution >= 0.6 is 0 Å². The van der Waals surface area contributed by atoms with Crippen molar-refractivity contribution in [1.29, 1.82) is 0 Å². The largest absolute Gasteiger partial charge is 0.496 e. The van der Waals surface area contributed by atoms with Gasteiger partial charge in [0.1, 0.15) is 5.75 Å². The van der Waals surface area contributed by atoms with Crippen LogP contribution in [-0.2, 0) is 11.8 Å². The fraction of sp³-hybridized carbons (Fsp3) is 0.600. The molecule has 0 amide bonds. The van der Waals surface area contributed by atoms with E-state index in [1.807, 2.05) is 7.11 Å². The van der Waals surface area contributed by atoms with Gasteiger partial charge in [0.25, 0.3) is 0 Å². The lowest BCUT2D eigenvalue weighted by Gasteiger charge is -2.47. The molecule has 0 fully saturated rings. The number of allylic oxidation sites excluding steroid dienone is 2. The van der Waals surface area contributed by atoms with Crippen molar-refractivity contribution >= 4 is 0 Å². The Hall–Kier alpha value is -1.24. The third kappa shape index (κ3) is 2.13. The van der Waals surface area contributed by atoms with Gasteiger partial charge >= 0.3 is 0 Å². The van der Waals surface area contributed by atoms with Gasteiger partial charge in [-0.25, -0.2) is 0 Å². The molecule has 1 nitrogen and oxygen atoms in total. The Bertz CT molecular complexity index is 582. The lowest BCUT2D eigenvalue weighted by molar-refractivity contribution is 0.257. The quantitative estimate of drug-likeness (QED) is 0.663. The summed E-state index contributed by atoms with van der Waals surface area (Å²) in [6, 6.07) is 4.71. The average molecular weight is 284 g/mol. The zero-order valence-corrected chi connectivity index (χ0v) is 14.1. The predicted octanol–water partition coefficient (Wildman–Crippen LogP) is 5.38. The first-order chi connectivity index (χ1) is 9.99. The second-order valence-corrected chi connectivity index (χ2v) is 7.36. The second-order valence-electron chi connectivity index (χ2n) is 7.36. The highest BCUT2D eigenvalue weighted by Crippen LogP contribution is 2.52. The van der Waals surface area contributed by atoms with E-state index in [0.29, 0.717) is 17.3 Å². The predicted molar refractivity (Wildman–Crippen MR) is 89.2 cm³/mol. The lowest BCUT2D eigenvalue weighted by Crippen LogP contribution is -2.39. The molecule has 0 bridgehead atoms. The molecule has 0 radical (unpaired) electrons. The van der Waals surface area contributed by atoms with E-state index in [-0.39, 0.29) is 0 Å². The Balaban J connectivity index is 2.17. The van der Waals surface area contributed by atoms with E-state index in [2.05, 4.69) is 45.9 Å². The molecular weight excluding hydrogens is 256 g/mol. The van der Waals surface area contributed by atoms with Crippen molar-refractivity contribution in [2.75, 3.05) is 7.11 Å². The molecule has 21 heavy (non-hydrogen) atoms. The van der Waals surface area contributed by atoms with Crippen molar-refractivity contribution in [3.8, 4) is 5.75 Å². The van der Waals surface area contributed by atoms with E-state index < -0.39 is 0 Å². The van der Waals surface area contributed by atoms with Crippen LogP contribution in [0.3, 0.4) is 0 Å². The number of hydrogen-bond donors (Lipinski definition) is 0. The molecule has 2 aliphatic rings. The van der Waals surface area contributed by atoms with Crippen LogP contribution in [0.5, 0.6) is 5.75 Å². The van der Waals surface area contributed by atoms with E-state index in [1.165, 1.54) is 30.4 Å². The Morgan fingerprint density at radius 1 is 1.29 bits per heavy atom. The second kappa shape index (κ2) is 5.19. The maximum atomic E-state index is 5.84. The first-order valence-corrected chi connectivity index (χ1v) is 8.36. The van der Waals surface area contributed by atoms with Crippen LogP contribution in [-0.4, -0.2) is 7.11 Å². The number of methoxy groups -OCH3 is 1. The van der Waals surface area contributed by atoms with E-state index in [4.69, 9.17) is 4.74 Å². The molecule has 3 rings (SSSR count). The molecule has 0 aromatic heterocycles. The maximum absolute atomic E-state index is 5.84. The Labute approximate surface area is 129 Å². The summed E-state index contributed by atoms with van der Waals surface area (Å²) in [7, 11) is 1.84. The smallest absolute Gasteiger partial charge is 0.125 e. The Kier molecular flexibility index (Phi) is 3.63. The van der Waals surface area contributed by atoms with Crippen LogP contribution in [0.25, 0.3) is 0 Å². The summed E-state index contributed by atoms with van der Waals surface area (Å²) >= 11 is 0. The fourth-order valence-electron chi connectivity index (χ4n) is 4.70. The fourth-order valence-corrected chi connectivity index (χ4v) is 4.70. The highest BCUT2D eigenvalue weighted by molar-refractivity contribution is 5.53. The molecule has 1 aromatic carbocycles. The van der Waals surface area contributed by atoms with Gasteiger partial charge < -0.3 is 4.74 Å². The van der Waals surface area contributed by atoms with Gasteiger partial charge in [0.15, 0.2) is 0 Å². The minimum Gasteiger partial charge on any atom is -0.496 e. The van der Waals surface area contributed by atoms with Crippen molar-refractivity contribution in [3.63, 3.8) is 0 Å². The standard InChI is InChI=1S/C20H28O/c1-13(2)15-8-11-18-16(19(15)21-5)9-10-17-14(3)7-6-12-20(17,18)4/h7-8,11,13,17H,6,9-10,12H2,1-5H3/t17?,20-/m0/s1. The number of fused-ring (bicyclic) bond motifs is 3. The Morgan fingerprint density at radius 2 is 2.05 bits per heavy atom. The number of benzene rings is 1. The molecule has 0 spiro atoms. The van der Waals surface area contributed by atoms with Crippen LogP contribution in [0, 0.1) is 5.92 Å². The topological polar surface area (TPSA) is 9.23 Å². The molecule has 1 aromatic rings. The highest BCUT2D eigenvalue weighted by Gasteiger charge is 2.43. The molecule has 0 aliphatic heterocycles. The first-order valence-electron chi connectivity index (χ1n) is 8.36. The number of rotatable bonds is 2. The summed E-state index contributed by atoms with van der Waals surface area (Å²) in [4.78, 5) is 0. The van der Waals surface area contributed by atoms with E-state index in [1.54, 1.807) is 11.1 Å². The van der Waals surface area contributed by atoms with Gasteiger partial charge in [-0.2, -0.15) is 0 Å². The van der Waals surface area contributed by atoms with E-state index in [0.717, 1.165) is 12.2 Å². The zero-order chi connectivity index (χ0) is 15.2. The highest BCUT2D eigenvalue weighted by atomic mass is 16.5. The molecule has 114 valence electrons. The molecule has 2 aliphatic carbocycles. The summed E-state index contributed by atoms with van der Waals surface area (Å²) < 4.78 is 5.84. The molecule has 0 N–H and O–H groups in total. The third-order valence-corrected chi connectivity index (χ3v) is 5.86. The van der Waals surface area contributed by atoms with Crippen molar-refractivity contribution < 1.29 is 4.74 Å². The van der Waals surface area contributed by atoms with E-state index >= 15 is 0 Å². The minimum absolute atomic E-state index is 0.301. The van der Waals surface area contributed by atoms with Crippen molar-refractivity contribution in [3.05, 3.63) is 40.5 Å². The zero-order valence-electron chi connectivity index (χ0n) is 14.1. The summed E-state index contributed by atoms with van der Waals surface area (Å²) in [5.41, 5.74) is 6.29. The summed E-state index contributed by atoms with van der Waals surface area (Å²) in [5, 5.41) is 0. The van der Waals surface area contributed by atoms with Crippen LogP contribution < -0.4 is 4.74 Å². The van der Waals surface area contributed by atoms with Gasteiger partial charge in [-0.1, -0.05) is 44.6 Å². The normalized spacial score (nSPS) is 27.9. The van der Waals surface area contributed by atoms with Gasteiger partial charge in [0, 0.05) is 0 Å². The maximum Gasteiger partial charge on any atom is 0.125 e. The molecule has 1 heteroatoms. The van der Waals surface area contributed by atoms with Crippen LogP contribution in [0.4, 0.5) is 0 Å². The lowest BCUT2D eigenvalue weighted by atomic mass is 9.58. The van der Waals surface area contributed by atoms with Crippen molar-refractivity contribution in [2.45, 2.75) is 64.7 Å². The molecular formula is C20H28O. The van der Waals surface area contributed by atoms with Crippen molar-refractivity contribution in [1.82, 2.24) is 0 Å². The summed E-state index contributed by atoms with van der Waals surface area (Å²) in [5.74, 6) is 2.39. The number of ether oxygens (including phenoxy) is 1. The number of hydrogen-bond acceptors (Lipinski definition) is 1. The van der Waals surface area contributed by atoms with Gasteiger partial charge in [-0.3, -0.25) is 0 Å². The first kappa shape index (κ1) is 14.7. The molecule has 1 unspecified atom stereocenters. The van der Waals surface area contributed by atoms with Gasteiger partial charge in [0.05, 0.1) is 7.11 Å². The summed E-state index contributed by atoms with van der Waals surface area (Å²) in [6.07, 6.45) is 7.37. The van der Waals surface area contributed by atoms with Gasteiger partial charge in [0.2, 0.25) is 0 Å². The minimum atomic E-state index is 0.301. The molecule has 0 saturated carbocycles. The third-order valence-electron chi connectivity index (χ3n) is 5.86. The van der Waals surface area contributed by atoms with Crippen LogP contribution in [0.1, 0.15) is 69.6 Å². The summed E-state index contributed by atoms with van der Waals surface area (Å²) in [6.45, 7) is 9.31. The monoisotopic (exact) mass is 284 g/mol.